The molecule has 0 aliphatic rings. The Hall–Kier alpha value is -3.05. The van der Waals surface area contributed by atoms with Gasteiger partial charge in [0, 0.05) is 26.3 Å². The monoisotopic (exact) mass is 347 g/mol. The van der Waals surface area contributed by atoms with Gasteiger partial charge in [-0.2, -0.15) is 5.26 Å². The highest BCUT2D eigenvalue weighted by atomic mass is 19.1. The molecule has 0 spiro atoms. The van der Waals surface area contributed by atoms with Crippen LogP contribution in [0.5, 0.6) is 5.75 Å². The molecule has 0 radical (unpaired) electrons. The van der Waals surface area contributed by atoms with Gasteiger partial charge in [-0.3, -0.25) is 0 Å². The fourth-order valence-corrected chi connectivity index (χ4v) is 2.32. The predicted octanol–water partition coefficient (Wildman–Crippen LogP) is 2.27. The van der Waals surface area contributed by atoms with E-state index in [0.717, 1.165) is 0 Å². The number of halogens is 1. The number of rotatable bonds is 7. The SMILES string of the molecule is COCCCOc1cccc(F)c1-n1cc(C#N)c(N)c1C(=O)OC. The summed E-state index contributed by atoms with van der Waals surface area (Å²) in [4.78, 5) is 12.1. The molecule has 1 heterocycles. The van der Waals surface area contributed by atoms with Crippen molar-refractivity contribution in [2.45, 2.75) is 6.42 Å². The zero-order valence-corrected chi connectivity index (χ0v) is 13.9. The van der Waals surface area contributed by atoms with Crippen molar-refractivity contribution in [2.75, 3.05) is 33.2 Å². The van der Waals surface area contributed by atoms with Crippen LogP contribution in [0.4, 0.5) is 10.1 Å². The van der Waals surface area contributed by atoms with Gasteiger partial charge in [-0.05, 0) is 12.1 Å². The molecule has 1 aromatic carbocycles. The van der Waals surface area contributed by atoms with Crippen LogP contribution >= 0.6 is 0 Å². The van der Waals surface area contributed by atoms with E-state index in [1.54, 1.807) is 13.2 Å². The molecular weight excluding hydrogens is 329 g/mol. The van der Waals surface area contributed by atoms with Crippen molar-refractivity contribution in [3.05, 3.63) is 41.5 Å². The Morgan fingerprint density at radius 3 is 2.76 bits per heavy atom. The normalized spacial score (nSPS) is 10.3. The van der Waals surface area contributed by atoms with Crippen LogP contribution < -0.4 is 10.5 Å². The number of carbonyl (C=O) groups excluding carboxylic acids is 1. The summed E-state index contributed by atoms with van der Waals surface area (Å²) in [5, 5.41) is 9.16. The molecule has 2 N–H and O–H groups in total. The third-order valence-electron chi connectivity index (χ3n) is 3.48. The summed E-state index contributed by atoms with van der Waals surface area (Å²) in [7, 11) is 2.75. The summed E-state index contributed by atoms with van der Waals surface area (Å²) in [6, 6.07) is 6.14. The lowest BCUT2D eigenvalue weighted by atomic mass is 10.2. The predicted molar refractivity (Wildman–Crippen MR) is 88.2 cm³/mol. The molecule has 0 bridgehead atoms. The Morgan fingerprint density at radius 1 is 1.36 bits per heavy atom. The Balaban J connectivity index is 2.55. The lowest BCUT2D eigenvalue weighted by molar-refractivity contribution is 0.0593. The highest BCUT2D eigenvalue weighted by Crippen LogP contribution is 2.32. The smallest absolute Gasteiger partial charge is 0.357 e. The van der Waals surface area contributed by atoms with Crippen LogP contribution in [0, 0.1) is 17.1 Å². The number of anilines is 1. The second kappa shape index (κ2) is 8.17. The Kier molecular flexibility index (Phi) is 5.98. The Labute approximate surface area is 144 Å². The second-order valence-electron chi connectivity index (χ2n) is 5.06. The maximum atomic E-state index is 14.5. The molecule has 0 saturated heterocycles. The molecule has 2 rings (SSSR count). The number of ether oxygens (including phenoxy) is 3. The van der Waals surface area contributed by atoms with E-state index in [2.05, 4.69) is 0 Å². The second-order valence-corrected chi connectivity index (χ2v) is 5.06. The van der Waals surface area contributed by atoms with Gasteiger partial charge in [-0.1, -0.05) is 6.07 Å². The van der Waals surface area contributed by atoms with Crippen molar-refractivity contribution in [2.24, 2.45) is 0 Å². The van der Waals surface area contributed by atoms with Crippen molar-refractivity contribution >= 4 is 11.7 Å². The number of aromatic nitrogens is 1. The third kappa shape index (κ3) is 3.72. The lowest BCUT2D eigenvalue weighted by Gasteiger charge is -2.15. The minimum Gasteiger partial charge on any atom is -0.491 e. The van der Waals surface area contributed by atoms with Crippen LogP contribution in [0.25, 0.3) is 5.69 Å². The van der Waals surface area contributed by atoms with Gasteiger partial charge in [0.2, 0.25) is 0 Å². The number of nitrogens with two attached hydrogens (primary N) is 1. The molecule has 0 saturated carbocycles. The van der Waals surface area contributed by atoms with E-state index in [1.807, 2.05) is 6.07 Å². The summed E-state index contributed by atoms with van der Waals surface area (Å²) >= 11 is 0. The highest BCUT2D eigenvalue weighted by Gasteiger charge is 2.25. The van der Waals surface area contributed by atoms with Crippen molar-refractivity contribution in [1.29, 1.82) is 5.26 Å². The number of para-hydroxylation sites is 1. The lowest BCUT2D eigenvalue weighted by Crippen LogP contribution is -2.13. The molecule has 0 aliphatic heterocycles. The Morgan fingerprint density at radius 2 is 2.12 bits per heavy atom. The minimum absolute atomic E-state index is 0.0199. The van der Waals surface area contributed by atoms with Gasteiger partial charge in [-0.25, -0.2) is 9.18 Å². The number of methoxy groups -OCH3 is 2. The maximum Gasteiger partial charge on any atom is 0.357 e. The molecule has 132 valence electrons. The fraction of sp³-hybridized carbons (Fsp3) is 0.294. The van der Waals surface area contributed by atoms with Crippen LogP contribution in [0.15, 0.2) is 24.4 Å². The van der Waals surface area contributed by atoms with E-state index in [-0.39, 0.29) is 28.4 Å². The number of hydrogen-bond donors (Lipinski definition) is 1. The standard InChI is InChI=1S/C17H18FN3O4/c1-23-7-4-8-25-13-6-3-5-12(18)15(13)21-10-11(9-19)14(20)16(21)17(22)24-2/h3,5-6,10H,4,7-8,20H2,1-2H3. The number of benzene rings is 1. The number of esters is 1. The van der Waals surface area contributed by atoms with E-state index in [9.17, 15) is 9.18 Å². The fourth-order valence-electron chi connectivity index (χ4n) is 2.32. The minimum atomic E-state index is -0.785. The number of carbonyl (C=O) groups is 1. The molecule has 0 aliphatic carbocycles. The first-order chi connectivity index (χ1) is 12.0. The number of nitriles is 1. The van der Waals surface area contributed by atoms with Gasteiger partial charge in [-0.15, -0.1) is 0 Å². The first kappa shape index (κ1) is 18.3. The number of nitrogen functional groups attached to an aromatic ring is 1. The molecule has 7 nitrogen and oxygen atoms in total. The van der Waals surface area contributed by atoms with Crippen molar-refractivity contribution in [3.8, 4) is 17.5 Å². The van der Waals surface area contributed by atoms with Crippen LogP contribution in [-0.2, 0) is 9.47 Å². The van der Waals surface area contributed by atoms with E-state index < -0.39 is 11.8 Å². The summed E-state index contributed by atoms with van der Waals surface area (Å²) < 4.78 is 30.9. The van der Waals surface area contributed by atoms with Crippen LogP contribution in [0.1, 0.15) is 22.5 Å². The first-order valence-corrected chi connectivity index (χ1v) is 7.45. The molecule has 0 amide bonds. The largest absolute Gasteiger partial charge is 0.491 e. The van der Waals surface area contributed by atoms with Gasteiger partial charge in [0.1, 0.15) is 17.5 Å². The third-order valence-corrected chi connectivity index (χ3v) is 3.48. The van der Waals surface area contributed by atoms with Gasteiger partial charge in [0.15, 0.2) is 11.5 Å². The van der Waals surface area contributed by atoms with Gasteiger partial charge >= 0.3 is 5.97 Å². The van der Waals surface area contributed by atoms with E-state index in [1.165, 1.54) is 30.0 Å². The zero-order chi connectivity index (χ0) is 18.4. The van der Waals surface area contributed by atoms with E-state index in [4.69, 9.17) is 25.2 Å². The summed E-state index contributed by atoms with van der Waals surface area (Å²) in [6.45, 7) is 0.785. The maximum absolute atomic E-state index is 14.5. The van der Waals surface area contributed by atoms with Gasteiger partial charge in [0.05, 0.1) is 25.0 Å². The topological polar surface area (TPSA) is 99.5 Å². The molecule has 2 aromatic rings. The van der Waals surface area contributed by atoms with Crippen molar-refractivity contribution in [1.82, 2.24) is 4.57 Å². The first-order valence-electron chi connectivity index (χ1n) is 7.45. The van der Waals surface area contributed by atoms with Crippen LogP contribution in [0.3, 0.4) is 0 Å². The number of hydrogen-bond acceptors (Lipinski definition) is 6. The average molecular weight is 347 g/mol. The van der Waals surface area contributed by atoms with Crippen molar-refractivity contribution in [3.63, 3.8) is 0 Å². The summed E-state index contributed by atoms with van der Waals surface area (Å²) in [5.74, 6) is -1.21. The highest BCUT2D eigenvalue weighted by molar-refractivity contribution is 5.96. The molecular formula is C17H18FN3O4. The molecule has 0 fully saturated rings. The van der Waals surface area contributed by atoms with Crippen LogP contribution in [-0.4, -0.2) is 38.0 Å². The quantitative estimate of drug-likeness (QED) is 0.609. The zero-order valence-electron chi connectivity index (χ0n) is 13.9. The Bertz CT molecular complexity index is 811. The van der Waals surface area contributed by atoms with E-state index in [0.29, 0.717) is 19.6 Å². The van der Waals surface area contributed by atoms with E-state index >= 15 is 0 Å². The van der Waals surface area contributed by atoms with Crippen molar-refractivity contribution < 1.29 is 23.4 Å². The molecule has 0 atom stereocenters. The van der Waals surface area contributed by atoms with Gasteiger partial charge in [0.25, 0.3) is 0 Å². The molecule has 1 aromatic heterocycles. The molecule has 0 unspecified atom stereocenters. The number of nitrogens with zero attached hydrogens (tertiary/aromatic N) is 2. The summed E-state index contributed by atoms with van der Waals surface area (Å²) in [6.07, 6.45) is 1.88. The van der Waals surface area contributed by atoms with Gasteiger partial charge < -0.3 is 24.5 Å². The average Bonchev–Trinajstić information content (AvgIpc) is 2.94. The van der Waals surface area contributed by atoms with Crippen LogP contribution in [0.2, 0.25) is 0 Å². The molecule has 8 heteroatoms. The molecule has 25 heavy (non-hydrogen) atoms. The summed E-state index contributed by atoms with van der Waals surface area (Å²) in [5.41, 5.74) is 5.65.